The number of hydrogen-bond donors (Lipinski definition) is 2. The zero-order chi connectivity index (χ0) is 12.8. The lowest BCUT2D eigenvalue weighted by Crippen LogP contribution is -2.45. The fourth-order valence-corrected chi connectivity index (χ4v) is 1.98. The smallest absolute Gasteiger partial charge is 0.240 e. The minimum Gasteiger partial charge on any atom is -0.395 e. The maximum absolute atomic E-state index is 11.8. The summed E-state index contributed by atoms with van der Waals surface area (Å²) < 4.78 is 0. The fraction of sp³-hybridized carbons (Fsp3) is 0.583. The Labute approximate surface area is 106 Å². The lowest BCUT2D eigenvalue weighted by Gasteiger charge is -2.36. The molecule has 0 atom stereocenters. The number of carbonyl (C=O) groups excluding carboxylic acids is 1. The third kappa shape index (κ3) is 3.48. The number of anilines is 1. The number of amides is 1. The number of nitrogens with zero attached hydrogens (tertiary/aromatic N) is 3. The van der Waals surface area contributed by atoms with Crippen LogP contribution in [-0.4, -0.2) is 51.6 Å². The summed E-state index contributed by atoms with van der Waals surface area (Å²) in [5, 5.41) is 11.7. The molecule has 0 aliphatic heterocycles. The average molecular weight is 250 g/mol. The molecule has 1 aromatic rings. The highest BCUT2D eigenvalue weighted by Crippen LogP contribution is 2.24. The maximum atomic E-state index is 11.8. The molecule has 0 radical (unpaired) electrons. The van der Waals surface area contributed by atoms with Gasteiger partial charge in [-0.2, -0.15) is 0 Å². The van der Waals surface area contributed by atoms with E-state index in [2.05, 4.69) is 15.3 Å². The van der Waals surface area contributed by atoms with Crippen molar-refractivity contribution < 1.29 is 9.90 Å². The second kappa shape index (κ2) is 6.42. The molecule has 1 amide bonds. The normalized spacial score (nSPS) is 15.4. The summed E-state index contributed by atoms with van der Waals surface area (Å²) >= 11 is 0. The minimum atomic E-state index is -0.137. The molecular weight excluding hydrogens is 232 g/mol. The van der Waals surface area contributed by atoms with Crippen LogP contribution in [0.25, 0.3) is 0 Å². The van der Waals surface area contributed by atoms with E-state index in [1.807, 2.05) is 4.90 Å². The Morgan fingerprint density at radius 1 is 1.44 bits per heavy atom. The van der Waals surface area contributed by atoms with Gasteiger partial charge in [-0.25, -0.2) is 9.97 Å². The molecule has 6 heteroatoms. The summed E-state index contributed by atoms with van der Waals surface area (Å²) in [5.41, 5.74) is 0. The Bertz CT molecular complexity index is 381. The van der Waals surface area contributed by atoms with Gasteiger partial charge in [0.05, 0.1) is 13.2 Å². The molecule has 1 fully saturated rings. The van der Waals surface area contributed by atoms with Crippen molar-refractivity contribution in [2.24, 2.45) is 0 Å². The molecule has 1 saturated carbocycles. The van der Waals surface area contributed by atoms with Crippen LogP contribution < -0.4 is 5.32 Å². The lowest BCUT2D eigenvalue weighted by atomic mass is 9.91. The molecule has 6 nitrogen and oxygen atoms in total. The molecule has 0 aromatic carbocycles. The van der Waals surface area contributed by atoms with Gasteiger partial charge in [0.2, 0.25) is 11.9 Å². The summed E-state index contributed by atoms with van der Waals surface area (Å²) in [7, 11) is 0. The molecule has 0 saturated heterocycles. The van der Waals surface area contributed by atoms with Crippen LogP contribution in [0.4, 0.5) is 5.95 Å². The molecule has 98 valence electrons. The first-order valence-corrected chi connectivity index (χ1v) is 6.21. The lowest BCUT2D eigenvalue weighted by molar-refractivity contribution is -0.118. The largest absolute Gasteiger partial charge is 0.395 e. The van der Waals surface area contributed by atoms with Crippen molar-refractivity contribution in [1.29, 1.82) is 0 Å². The molecule has 1 aromatic heterocycles. The quantitative estimate of drug-likeness (QED) is 0.757. The zero-order valence-corrected chi connectivity index (χ0v) is 10.2. The first-order chi connectivity index (χ1) is 8.79. The molecular formula is C12H18N4O2. The average Bonchev–Trinajstić information content (AvgIpc) is 2.28. The zero-order valence-electron chi connectivity index (χ0n) is 10.2. The summed E-state index contributed by atoms with van der Waals surface area (Å²) in [6, 6.07) is 2.13. The van der Waals surface area contributed by atoms with Crippen molar-refractivity contribution in [3.63, 3.8) is 0 Å². The van der Waals surface area contributed by atoms with Gasteiger partial charge in [0.1, 0.15) is 0 Å². The van der Waals surface area contributed by atoms with Gasteiger partial charge in [-0.1, -0.05) is 6.42 Å². The second-order valence-electron chi connectivity index (χ2n) is 4.40. The monoisotopic (exact) mass is 250 g/mol. The van der Waals surface area contributed by atoms with Crippen LogP contribution in [0, 0.1) is 0 Å². The number of rotatable bonds is 6. The highest BCUT2D eigenvalue weighted by Gasteiger charge is 2.26. The van der Waals surface area contributed by atoms with E-state index < -0.39 is 0 Å². The Kier molecular flexibility index (Phi) is 4.60. The first-order valence-electron chi connectivity index (χ1n) is 6.21. The second-order valence-corrected chi connectivity index (χ2v) is 4.40. The van der Waals surface area contributed by atoms with E-state index >= 15 is 0 Å². The SMILES string of the molecule is O=C(CN(CCO)C1CCC1)Nc1ncccn1. The first kappa shape index (κ1) is 12.9. The van der Waals surface area contributed by atoms with Gasteiger partial charge in [0, 0.05) is 25.0 Å². The van der Waals surface area contributed by atoms with Crippen LogP contribution in [0.3, 0.4) is 0 Å². The van der Waals surface area contributed by atoms with Crippen LogP contribution in [0.15, 0.2) is 18.5 Å². The van der Waals surface area contributed by atoms with E-state index in [9.17, 15) is 4.79 Å². The fourth-order valence-electron chi connectivity index (χ4n) is 1.98. The van der Waals surface area contributed by atoms with Crippen molar-refractivity contribution in [1.82, 2.24) is 14.9 Å². The molecule has 1 heterocycles. The van der Waals surface area contributed by atoms with Crippen molar-refractivity contribution in [3.8, 4) is 0 Å². The predicted octanol–water partition coefficient (Wildman–Crippen LogP) is 0.262. The number of aromatic nitrogens is 2. The van der Waals surface area contributed by atoms with Crippen LogP contribution >= 0.6 is 0 Å². The minimum absolute atomic E-state index is 0.0750. The molecule has 2 rings (SSSR count). The number of carbonyl (C=O) groups is 1. The van der Waals surface area contributed by atoms with Crippen molar-refractivity contribution in [2.75, 3.05) is 25.0 Å². The Balaban J connectivity index is 1.84. The van der Waals surface area contributed by atoms with Crippen LogP contribution in [-0.2, 0) is 4.79 Å². The van der Waals surface area contributed by atoms with Gasteiger partial charge >= 0.3 is 0 Å². The van der Waals surface area contributed by atoms with Gasteiger partial charge in [-0.3, -0.25) is 15.0 Å². The Morgan fingerprint density at radius 3 is 2.72 bits per heavy atom. The summed E-state index contributed by atoms with van der Waals surface area (Å²) in [4.78, 5) is 21.7. The molecule has 1 aliphatic carbocycles. The van der Waals surface area contributed by atoms with Gasteiger partial charge in [0.25, 0.3) is 0 Å². The van der Waals surface area contributed by atoms with Gasteiger partial charge in [0.15, 0.2) is 0 Å². The van der Waals surface area contributed by atoms with Gasteiger partial charge in [-0.15, -0.1) is 0 Å². The van der Waals surface area contributed by atoms with Crippen molar-refractivity contribution in [3.05, 3.63) is 18.5 Å². The number of aliphatic hydroxyl groups is 1. The van der Waals surface area contributed by atoms with Crippen molar-refractivity contribution >= 4 is 11.9 Å². The maximum Gasteiger partial charge on any atom is 0.240 e. The highest BCUT2D eigenvalue weighted by atomic mass is 16.3. The topological polar surface area (TPSA) is 78.4 Å². The van der Waals surface area contributed by atoms with E-state index in [-0.39, 0.29) is 19.1 Å². The van der Waals surface area contributed by atoms with Gasteiger partial charge in [-0.05, 0) is 18.9 Å². The van der Waals surface area contributed by atoms with E-state index in [1.54, 1.807) is 18.5 Å². The standard InChI is InChI=1S/C12H18N4O2/c17-8-7-16(10-3-1-4-10)9-11(18)15-12-13-5-2-6-14-12/h2,5-6,10,17H,1,3-4,7-9H2,(H,13,14,15,18). The van der Waals surface area contributed by atoms with Crippen LogP contribution in [0.5, 0.6) is 0 Å². The Morgan fingerprint density at radius 2 is 2.17 bits per heavy atom. The van der Waals surface area contributed by atoms with Crippen LogP contribution in [0.1, 0.15) is 19.3 Å². The summed E-state index contributed by atoms with van der Waals surface area (Å²) in [6.07, 6.45) is 6.58. The number of aliphatic hydroxyl groups excluding tert-OH is 1. The molecule has 2 N–H and O–H groups in total. The summed E-state index contributed by atoms with van der Waals surface area (Å²) in [6.45, 7) is 0.892. The Hall–Kier alpha value is -1.53. The third-order valence-corrected chi connectivity index (χ3v) is 3.14. The highest BCUT2D eigenvalue weighted by molar-refractivity contribution is 5.90. The third-order valence-electron chi connectivity index (χ3n) is 3.14. The van der Waals surface area contributed by atoms with Crippen molar-refractivity contribution in [2.45, 2.75) is 25.3 Å². The molecule has 0 unspecified atom stereocenters. The van der Waals surface area contributed by atoms with Crippen LogP contribution in [0.2, 0.25) is 0 Å². The molecule has 0 bridgehead atoms. The molecule has 1 aliphatic rings. The number of hydrogen-bond acceptors (Lipinski definition) is 5. The van der Waals surface area contributed by atoms with E-state index in [0.29, 0.717) is 18.5 Å². The predicted molar refractivity (Wildman–Crippen MR) is 67.0 cm³/mol. The van der Waals surface area contributed by atoms with E-state index in [4.69, 9.17) is 5.11 Å². The van der Waals surface area contributed by atoms with E-state index in [0.717, 1.165) is 12.8 Å². The van der Waals surface area contributed by atoms with Gasteiger partial charge < -0.3 is 5.11 Å². The van der Waals surface area contributed by atoms with E-state index in [1.165, 1.54) is 6.42 Å². The molecule has 18 heavy (non-hydrogen) atoms. The number of nitrogens with one attached hydrogen (secondary N) is 1. The summed E-state index contributed by atoms with van der Waals surface area (Å²) in [5.74, 6) is 0.182. The molecule has 0 spiro atoms.